The lowest BCUT2D eigenvalue weighted by atomic mass is 9.98. The Morgan fingerprint density at radius 3 is 2.88 bits per heavy atom. The highest BCUT2D eigenvalue weighted by molar-refractivity contribution is 5.92. The van der Waals surface area contributed by atoms with E-state index in [0.717, 1.165) is 25.9 Å². The maximum Gasteiger partial charge on any atom is 0.270 e. The fourth-order valence-electron chi connectivity index (χ4n) is 3.00. The van der Waals surface area contributed by atoms with Crippen molar-refractivity contribution < 1.29 is 13.9 Å². The van der Waals surface area contributed by atoms with E-state index in [1.54, 1.807) is 12.1 Å². The van der Waals surface area contributed by atoms with Crippen LogP contribution in [0.3, 0.4) is 0 Å². The van der Waals surface area contributed by atoms with Gasteiger partial charge >= 0.3 is 0 Å². The molecule has 0 unspecified atom stereocenters. The minimum Gasteiger partial charge on any atom is -0.457 e. The fourth-order valence-corrected chi connectivity index (χ4v) is 3.00. The number of hydrogen-bond donors (Lipinski definition) is 1. The first kappa shape index (κ1) is 17.4. The van der Waals surface area contributed by atoms with E-state index < -0.39 is 0 Å². The number of nitrogens with one attached hydrogen (secondary N) is 1. The van der Waals surface area contributed by atoms with E-state index >= 15 is 0 Å². The van der Waals surface area contributed by atoms with Gasteiger partial charge < -0.3 is 15.0 Å². The van der Waals surface area contributed by atoms with E-state index in [1.165, 1.54) is 30.5 Å². The molecule has 6 heteroatoms. The molecule has 1 aromatic carbocycles. The molecule has 0 spiro atoms. The van der Waals surface area contributed by atoms with Crippen molar-refractivity contribution in [2.75, 3.05) is 26.7 Å². The summed E-state index contributed by atoms with van der Waals surface area (Å²) in [7, 11) is 2.10. The fraction of sp³-hybridized carbons (Fsp3) is 0.368. The van der Waals surface area contributed by atoms with Gasteiger partial charge in [-0.05, 0) is 62.7 Å². The molecule has 132 valence electrons. The summed E-state index contributed by atoms with van der Waals surface area (Å²) in [6.45, 7) is 2.77. The number of benzene rings is 1. The summed E-state index contributed by atoms with van der Waals surface area (Å²) in [5.41, 5.74) is 0.309. The van der Waals surface area contributed by atoms with Crippen LogP contribution in [0, 0.1) is 11.7 Å². The van der Waals surface area contributed by atoms with Crippen molar-refractivity contribution in [3.05, 3.63) is 54.1 Å². The van der Waals surface area contributed by atoms with Crippen LogP contribution in [0.15, 0.2) is 42.6 Å². The maximum atomic E-state index is 12.9. The van der Waals surface area contributed by atoms with Crippen LogP contribution in [0.2, 0.25) is 0 Å². The number of halogens is 1. The normalized spacial score (nSPS) is 17.9. The molecule has 1 amide bonds. The molecule has 3 rings (SSSR count). The van der Waals surface area contributed by atoms with Gasteiger partial charge in [-0.15, -0.1) is 0 Å². The molecule has 1 aliphatic heterocycles. The first-order valence-electron chi connectivity index (χ1n) is 8.46. The second-order valence-electron chi connectivity index (χ2n) is 6.41. The Hall–Kier alpha value is -2.47. The van der Waals surface area contributed by atoms with Crippen molar-refractivity contribution in [3.8, 4) is 11.5 Å². The van der Waals surface area contributed by atoms with Crippen molar-refractivity contribution in [3.63, 3.8) is 0 Å². The molecular formula is C19H22FN3O2. The van der Waals surface area contributed by atoms with E-state index in [1.807, 2.05) is 0 Å². The monoisotopic (exact) mass is 343 g/mol. The molecule has 2 heterocycles. The lowest BCUT2D eigenvalue weighted by Crippen LogP contribution is -2.39. The number of piperidine rings is 1. The van der Waals surface area contributed by atoms with Crippen molar-refractivity contribution in [1.29, 1.82) is 0 Å². The smallest absolute Gasteiger partial charge is 0.270 e. The van der Waals surface area contributed by atoms with E-state index in [4.69, 9.17) is 4.74 Å². The maximum absolute atomic E-state index is 12.9. The van der Waals surface area contributed by atoms with Crippen LogP contribution in [0.1, 0.15) is 23.3 Å². The number of pyridine rings is 1. The van der Waals surface area contributed by atoms with Gasteiger partial charge in [0.05, 0.1) is 0 Å². The number of nitrogens with zero attached hydrogens (tertiary/aromatic N) is 2. The average molecular weight is 343 g/mol. The molecule has 0 radical (unpaired) electrons. The molecule has 1 aromatic heterocycles. The van der Waals surface area contributed by atoms with Crippen LogP contribution >= 0.6 is 0 Å². The first-order chi connectivity index (χ1) is 12.1. The zero-order chi connectivity index (χ0) is 17.6. The highest BCUT2D eigenvalue weighted by atomic mass is 19.1. The Labute approximate surface area is 146 Å². The summed E-state index contributed by atoms with van der Waals surface area (Å²) >= 11 is 0. The molecule has 0 bridgehead atoms. The highest BCUT2D eigenvalue weighted by Crippen LogP contribution is 2.21. The van der Waals surface area contributed by atoms with Crippen LogP contribution in [-0.2, 0) is 0 Å². The number of amides is 1. The Balaban J connectivity index is 1.58. The van der Waals surface area contributed by atoms with Gasteiger partial charge in [0.2, 0.25) is 0 Å². The third-order valence-corrected chi connectivity index (χ3v) is 4.29. The number of rotatable bonds is 5. The summed E-state index contributed by atoms with van der Waals surface area (Å²) in [6.07, 6.45) is 3.82. The molecular weight excluding hydrogens is 321 g/mol. The molecule has 1 fully saturated rings. The van der Waals surface area contributed by atoms with E-state index in [-0.39, 0.29) is 11.7 Å². The van der Waals surface area contributed by atoms with Gasteiger partial charge in [-0.2, -0.15) is 0 Å². The highest BCUT2D eigenvalue weighted by Gasteiger charge is 2.18. The summed E-state index contributed by atoms with van der Waals surface area (Å²) in [5, 5.41) is 2.95. The van der Waals surface area contributed by atoms with Crippen LogP contribution in [-0.4, -0.2) is 42.5 Å². The zero-order valence-corrected chi connectivity index (χ0v) is 14.2. The van der Waals surface area contributed by atoms with E-state index in [9.17, 15) is 9.18 Å². The SMILES string of the molecule is CN1CCC[C@H](CNC(=O)c2cc(Oc3ccc(F)cc3)ccn2)C1. The van der Waals surface area contributed by atoms with Gasteiger partial charge in [0.25, 0.3) is 5.91 Å². The topological polar surface area (TPSA) is 54.5 Å². The largest absolute Gasteiger partial charge is 0.457 e. The molecule has 0 saturated carbocycles. The van der Waals surface area contributed by atoms with Gasteiger partial charge in [-0.3, -0.25) is 9.78 Å². The summed E-state index contributed by atoms with van der Waals surface area (Å²) in [4.78, 5) is 18.7. The third kappa shape index (κ3) is 5.00. The molecule has 5 nitrogen and oxygen atoms in total. The van der Waals surface area contributed by atoms with Crippen LogP contribution in [0.5, 0.6) is 11.5 Å². The average Bonchev–Trinajstić information content (AvgIpc) is 2.62. The van der Waals surface area contributed by atoms with Crippen molar-refractivity contribution in [2.45, 2.75) is 12.8 Å². The summed E-state index contributed by atoms with van der Waals surface area (Å²) in [6, 6.07) is 8.97. The summed E-state index contributed by atoms with van der Waals surface area (Å²) in [5.74, 6) is 0.933. The number of carbonyl (C=O) groups is 1. The third-order valence-electron chi connectivity index (χ3n) is 4.29. The van der Waals surface area contributed by atoms with Crippen LogP contribution in [0.25, 0.3) is 0 Å². The predicted molar refractivity (Wildman–Crippen MR) is 93.3 cm³/mol. The van der Waals surface area contributed by atoms with Crippen molar-refractivity contribution in [1.82, 2.24) is 15.2 Å². The van der Waals surface area contributed by atoms with Gasteiger partial charge in [-0.25, -0.2) is 4.39 Å². The molecule has 0 aliphatic carbocycles. The second kappa shape index (κ2) is 8.07. The number of likely N-dealkylation sites (tertiary alicyclic amines) is 1. The second-order valence-corrected chi connectivity index (χ2v) is 6.41. The number of aromatic nitrogens is 1. The van der Waals surface area contributed by atoms with Crippen molar-refractivity contribution in [2.24, 2.45) is 5.92 Å². The Morgan fingerprint density at radius 2 is 2.12 bits per heavy atom. The lowest BCUT2D eigenvalue weighted by molar-refractivity contribution is 0.0931. The van der Waals surface area contributed by atoms with Gasteiger partial charge in [0.1, 0.15) is 23.0 Å². The first-order valence-corrected chi connectivity index (χ1v) is 8.46. The van der Waals surface area contributed by atoms with E-state index in [0.29, 0.717) is 29.7 Å². The lowest BCUT2D eigenvalue weighted by Gasteiger charge is -2.29. The van der Waals surface area contributed by atoms with Crippen LogP contribution in [0.4, 0.5) is 4.39 Å². The molecule has 1 N–H and O–H groups in total. The predicted octanol–water partition coefficient (Wildman–Crippen LogP) is 3.08. The minimum absolute atomic E-state index is 0.210. The minimum atomic E-state index is -0.324. The molecule has 1 aliphatic rings. The quantitative estimate of drug-likeness (QED) is 0.906. The zero-order valence-electron chi connectivity index (χ0n) is 14.2. The van der Waals surface area contributed by atoms with E-state index in [2.05, 4.69) is 22.2 Å². The van der Waals surface area contributed by atoms with Crippen molar-refractivity contribution >= 4 is 5.91 Å². The number of ether oxygens (including phenoxy) is 1. The van der Waals surface area contributed by atoms with Gasteiger partial charge in [0, 0.05) is 25.4 Å². The Kier molecular flexibility index (Phi) is 5.60. The number of carbonyl (C=O) groups excluding carboxylic acids is 1. The summed E-state index contributed by atoms with van der Waals surface area (Å²) < 4.78 is 18.6. The Morgan fingerprint density at radius 1 is 1.32 bits per heavy atom. The standard InChI is InChI=1S/C19H22FN3O2/c1-23-10-2-3-14(13-23)12-22-19(24)18-11-17(8-9-21-18)25-16-6-4-15(20)5-7-16/h4-9,11,14H,2-3,10,12-13H2,1H3,(H,22,24)/t14-/m1/s1. The van der Waals surface area contributed by atoms with Gasteiger partial charge in [-0.1, -0.05) is 0 Å². The van der Waals surface area contributed by atoms with Crippen LogP contribution < -0.4 is 10.1 Å². The Bertz CT molecular complexity index is 721. The molecule has 1 atom stereocenters. The van der Waals surface area contributed by atoms with Gasteiger partial charge in [0.15, 0.2) is 0 Å². The molecule has 25 heavy (non-hydrogen) atoms. The molecule has 1 saturated heterocycles. The number of hydrogen-bond acceptors (Lipinski definition) is 4. The molecule has 2 aromatic rings.